The van der Waals surface area contributed by atoms with Gasteiger partial charge in [0, 0.05) is 43.7 Å². The van der Waals surface area contributed by atoms with Crippen LogP contribution in [-0.4, -0.2) is 45.3 Å². The molecule has 0 fully saturated rings. The Morgan fingerprint density at radius 3 is 2.50 bits per heavy atom. The van der Waals surface area contributed by atoms with Gasteiger partial charge in [-0.1, -0.05) is 19.9 Å². The van der Waals surface area contributed by atoms with Gasteiger partial charge in [0.05, 0.1) is 13.2 Å². The first-order valence-corrected chi connectivity index (χ1v) is 10.2. The number of carbonyl (C=O) groups excluding carboxylic acids is 3. The fourth-order valence-corrected chi connectivity index (χ4v) is 3.55. The van der Waals surface area contributed by atoms with Crippen LogP contribution in [0.5, 0.6) is 0 Å². The molecule has 30 heavy (non-hydrogen) atoms. The van der Waals surface area contributed by atoms with Crippen LogP contribution in [-0.2, 0) is 23.1 Å². The molecule has 2 heterocycles. The van der Waals surface area contributed by atoms with Gasteiger partial charge in [-0.15, -0.1) is 0 Å². The number of rotatable bonds is 9. The first kappa shape index (κ1) is 23.3. The summed E-state index contributed by atoms with van der Waals surface area (Å²) >= 11 is 0. The molecule has 162 valence electrons. The van der Waals surface area contributed by atoms with E-state index in [1.165, 1.54) is 0 Å². The number of aromatic nitrogens is 2. The minimum Gasteiger partial charge on any atom is -0.461 e. The highest BCUT2D eigenvalue weighted by molar-refractivity contribution is 6.04. The van der Waals surface area contributed by atoms with E-state index in [0.717, 1.165) is 5.56 Å². The van der Waals surface area contributed by atoms with Crippen molar-refractivity contribution < 1.29 is 19.1 Å². The molecular formula is C23H31N3O4. The number of esters is 1. The number of ketones is 1. The lowest BCUT2D eigenvalue weighted by Crippen LogP contribution is -2.36. The van der Waals surface area contributed by atoms with E-state index in [-0.39, 0.29) is 30.8 Å². The first-order chi connectivity index (χ1) is 14.2. The average molecular weight is 414 g/mol. The summed E-state index contributed by atoms with van der Waals surface area (Å²) in [6.45, 7) is 9.73. The van der Waals surface area contributed by atoms with Crippen LogP contribution in [0.25, 0.3) is 0 Å². The second-order valence-corrected chi connectivity index (χ2v) is 7.85. The molecule has 0 radical (unpaired) electrons. The third-order valence-corrected chi connectivity index (χ3v) is 5.04. The van der Waals surface area contributed by atoms with Gasteiger partial charge in [-0.25, -0.2) is 4.79 Å². The van der Waals surface area contributed by atoms with Crippen LogP contribution in [0.4, 0.5) is 0 Å². The minimum absolute atomic E-state index is 0.0611. The standard InChI is InChI=1S/C23H31N3O4/c1-7-30-23(29)22-16(4)21(17(5)25(22)6)19(27)14-26(20(28)11-15(2)3)13-18-9-8-10-24-12-18/h8-10,12,15H,7,11,13-14H2,1-6H3. The maximum Gasteiger partial charge on any atom is 0.355 e. The lowest BCUT2D eigenvalue weighted by Gasteiger charge is -2.23. The SMILES string of the molecule is CCOC(=O)c1c(C)c(C(=O)CN(Cc2cccnc2)C(=O)CC(C)C)c(C)n1C. The second-order valence-electron chi connectivity index (χ2n) is 7.85. The quantitative estimate of drug-likeness (QED) is 0.464. The van der Waals surface area contributed by atoms with Gasteiger partial charge in [0.15, 0.2) is 5.78 Å². The molecular weight excluding hydrogens is 382 g/mol. The van der Waals surface area contributed by atoms with Gasteiger partial charge in [0.1, 0.15) is 5.69 Å². The average Bonchev–Trinajstić information content (AvgIpc) is 2.90. The van der Waals surface area contributed by atoms with E-state index in [4.69, 9.17) is 4.74 Å². The van der Waals surface area contributed by atoms with E-state index in [2.05, 4.69) is 4.98 Å². The van der Waals surface area contributed by atoms with Crippen molar-refractivity contribution in [2.24, 2.45) is 13.0 Å². The number of hydrogen-bond donors (Lipinski definition) is 0. The Hall–Kier alpha value is -2.96. The van der Waals surface area contributed by atoms with Crippen LogP contribution < -0.4 is 0 Å². The molecule has 0 saturated carbocycles. The van der Waals surface area contributed by atoms with Crippen molar-refractivity contribution in [3.63, 3.8) is 0 Å². The summed E-state index contributed by atoms with van der Waals surface area (Å²) in [6.07, 6.45) is 3.72. The normalized spacial score (nSPS) is 10.9. The molecule has 0 aromatic carbocycles. The molecule has 0 atom stereocenters. The van der Waals surface area contributed by atoms with E-state index >= 15 is 0 Å². The van der Waals surface area contributed by atoms with Crippen LogP contribution in [0.2, 0.25) is 0 Å². The van der Waals surface area contributed by atoms with E-state index in [1.807, 2.05) is 19.9 Å². The van der Waals surface area contributed by atoms with Crippen molar-refractivity contribution in [3.05, 3.63) is 52.6 Å². The zero-order valence-corrected chi connectivity index (χ0v) is 18.7. The van der Waals surface area contributed by atoms with Crippen LogP contribution in [0.3, 0.4) is 0 Å². The topological polar surface area (TPSA) is 81.5 Å². The summed E-state index contributed by atoms with van der Waals surface area (Å²) in [5.74, 6) is -0.557. The predicted octanol–water partition coefficient (Wildman–Crippen LogP) is 3.47. The van der Waals surface area contributed by atoms with Gasteiger partial charge in [-0.05, 0) is 43.9 Å². The molecule has 2 aromatic heterocycles. The Morgan fingerprint density at radius 1 is 1.23 bits per heavy atom. The van der Waals surface area contributed by atoms with Gasteiger partial charge in [0.2, 0.25) is 5.91 Å². The minimum atomic E-state index is -0.456. The number of hydrogen-bond acceptors (Lipinski definition) is 5. The molecule has 0 unspecified atom stereocenters. The number of Topliss-reactive ketones (excluding diaryl/α,β-unsaturated/α-hetero) is 1. The molecule has 2 rings (SSSR count). The molecule has 0 aliphatic rings. The lowest BCUT2D eigenvalue weighted by molar-refractivity contribution is -0.132. The summed E-state index contributed by atoms with van der Waals surface area (Å²) in [5, 5.41) is 0. The van der Waals surface area contributed by atoms with Crippen molar-refractivity contribution >= 4 is 17.7 Å². The highest BCUT2D eigenvalue weighted by Gasteiger charge is 2.28. The molecule has 0 bridgehead atoms. The summed E-state index contributed by atoms with van der Waals surface area (Å²) in [6, 6.07) is 3.68. The molecule has 0 spiro atoms. The Labute approximate surface area is 178 Å². The van der Waals surface area contributed by atoms with Crippen molar-refractivity contribution in [3.8, 4) is 0 Å². The van der Waals surface area contributed by atoms with E-state index in [9.17, 15) is 14.4 Å². The molecule has 0 N–H and O–H groups in total. The first-order valence-electron chi connectivity index (χ1n) is 10.2. The maximum absolute atomic E-state index is 13.2. The Bertz CT molecular complexity index is 916. The van der Waals surface area contributed by atoms with Crippen molar-refractivity contribution in [2.75, 3.05) is 13.2 Å². The second kappa shape index (κ2) is 10.2. The summed E-state index contributed by atoms with van der Waals surface area (Å²) in [5.41, 5.74) is 2.95. The van der Waals surface area contributed by atoms with Crippen LogP contribution >= 0.6 is 0 Å². The smallest absolute Gasteiger partial charge is 0.355 e. The monoisotopic (exact) mass is 413 g/mol. The summed E-state index contributed by atoms with van der Waals surface area (Å²) in [4.78, 5) is 44.1. The molecule has 7 nitrogen and oxygen atoms in total. The molecule has 7 heteroatoms. The number of ether oxygens (including phenoxy) is 1. The fraction of sp³-hybridized carbons (Fsp3) is 0.478. The van der Waals surface area contributed by atoms with Gasteiger partial charge in [-0.2, -0.15) is 0 Å². The third kappa shape index (κ3) is 5.34. The molecule has 0 aliphatic heterocycles. The van der Waals surface area contributed by atoms with E-state index in [1.54, 1.807) is 55.7 Å². The number of amides is 1. The molecule has 1 amide bonds. The van der Waals surface area contributed by atoms with E-state index in [0.29, 0.717) is 35.5 Å². The highest BCUT2D eigenvalue weighted by atomic mass is 16.5. The van der Waals surface area contributed by atoms with Gasteiger partial charge < -0.3 is 14.2 Å². The Balaban J connectivity index is 2.34. The number of nitrogens with zero attached hydrogens (tertiary/aromatic N) is 3. The Kier molecular flexibility index (Phi) is 7.92. The lowest BCUT2D eigenvalue weighted by atomic mass is 10.0. The van der Waals surface area contributed by atoms with Crippen molar-refractivity contribution in [1.82, 2.24) is 14.5 Å². The van der Waals surface area contributed by atoms with Crippen molar-refractivity contribution in [2.45, 2.75) is 47.6 Å². The van der Waals surface area contributed by atoms with E-state index < -0.39 is 5.97 Å². The highest BCUT2D eigenvalue weighted by Crippen LogP contribution is 2.23. The maximum atomic E-state index is 13.2. The van der Waals surface area contributed by atoms with Crippen LogP contribution in [0.1, 0.15) is 64.9 Å². The molecule has 0 saturated heterocycles. The summed E-state index contributed by atoms with van der Waals surface area (Å²) in [7, 11) is 1.74. The molecule has 2 aromatic rings. The number of carbonyl (C=O) groups is 3. The molecule has 0 aliphatic carbocycles. The van der Waals surface area contributed by atoms with Gasteiger partial charge in [0.25, 0.3) is 0 Å². The Morgan fingerprint density at radius 2 is 1.93 bits per heavy atom. The zero-order chi connectivity index (χ0) is 22.4. The summed E-state index contributed by atoms with van der Waals surface area (Å²) < 4.78 is 6.82. The van der Waals surface area contributed by atoms with Gasteiger partial charge >= 0.3 is 5.97 Å². The zero-order valence-electron chi connectivity index (χ0n) is 18.7. The fourth-order valence-electron chi connectivity index (χ4n) is 3.55. The van der Waals surface area contributed by atoms with Crippen LogP contribution in [0.15, 0.2) is 24.5 Å². The third-order valence-electron chi connectivity index (χ3n) is 5.04. The van der Waals surface area contributed by atoms with Crippen molar-refractivity contribution in [1.29, 1.82) is 0 Å². The van der Waals surface area contributed by atoms with Gasteiger partial charge in [-0.3, -0.25) is 14.6 Å². The predicted molar refractivity (Wildman–Crippen MR) is 114 cm³/mol. The number of pyridine rings is 1. The van der Waals surface area contributed by atoms with Crippen LogP contribution in [0, 0.1) is 19.8 Å². The largest absolute Gasteiger partial charge is 0.461 e.